The second-order valence-electron chi connectivity index (χ2n) is 13.8. The molecule has 0 aliphatic rings. The lowest BCUT2D eigenvalue weighted by molar-refractivity contribution is 1.15. The molecular formula is C52H35N3. The summed E-state index contributed by atoms with van der Waals surface area (Å²) in [5, 5.41) is 1.10. The van der Waals surface area contributed by atoms with Gasteiger partial charge in [0, 0.05) is 22.2 Å². The molecule has 2 aromatic heterocycles. The molecule has 8 aromatic carbocycles. The first kappa shape index (κ1) is 32.3. The van der Waals surface area contributed by atoms with Gasteiger partial charge in [-0.3, -0.25) is 0 Å². The van der Waals surface area contributed by atoms with Crippen molar-refractivity contribution >= 4 is 21.9 Å². The van der Waals surface area contributed by atoms with E-state index in [0.29, 0.717) is 5.82 Å². The molecule has 0 fully saturated rings. The zero-order chi connectivity index (χ0) is 36.6. The van der Waals surface area contributed by atoms with E-state index < -0.39 is 0 Å². The third-order valence-electron chi connectivity index (χ3n) is 10.4. The van der Waals surface area contributed by atoms with E-state index in [0.717, 1.165) is 61.1 Å². The van der Waals surface area contributed by atoms with E-state index in [4.69, 9.17) is 9.97 Å². The molecule has 2 heterocycles. The lowest BCUT2D eigenvalue weighted by atomic mass is 9.92. The van der Waals surface area contributed by atoms with Crippen LogP contribution in [-0.2, 0) is 0 Å². The van der Waals surface area contributed by atoms with Gasteiger partial charge in [-0.2, -0.15) is 0 Å². The number of aromatic nitrogens is 3. The molecule has 3 heteroatoms. The van der Waals surface area contributed by atoms with Gasteiger partial charge >= 0.3 is 0 Å². The van der Waals surface area contributed by atoms with E-state index in [2.05, 4.69) is 199 Å². The number of hydrogen-bond acceptors (Lipinski definition) is 2. The van der Waals surface area contributed by atoms with E-state index in [1.54, 1.807) is 0 Å². The maximum Gasteiger partial charge on any atom is 0.160 e. The summed E-state index contributed by atoms with van der Waals surface area (Å²) in [6, 6.07) is 75.2. The zero-order valence-corrected chi connectivity index (χ0v) is 30.0. The predicted molar refractivity (Wildman–Crippen MR) is 229 cm³/mol. The molecule has 0 saturated heterocycles. The van der Waals surface area contributed by atoms with Crippen LogP contribution in [0.2, 0.25) is 0 Å². The van der Waals surface area contributed by atoms with Gasteiger partial charge in [-0.05, 0) is 93.0 Å². The Kier molecular flexibility index (Phi) is 8.16. The van der Waals surface area contributed by atoms with Crippen molar-refractivity contribution in [3.05, 3.63) is 212 Å². The number of rotatable bonds is 7. The van der Waals surface area contributed by atoms with Crippen LogP contribution < -0.4 is 0 Å². The van der Waals surface area contributed by atoms with Gasteiger partial charge in [-0.15, -0.1) is 0 Å². The van der Waals surface area contributed by atoms with E-state index in [-0.39, 0.29) is 0 Å². The highest BCUT2D eigenvalue weighted by Gasteiger charge is 2.21. The van der Waals surface area contributed by atoms with Crippen LogP contribution in [0.25, 0.3) is 94.8 Å². The van der Waals surface area contributed by atoms with Crippen LogP contribution in [0.4, 0.5) is 0 Å². The fraction of sp³-hybridized carbons (Fsp3) is 0. The molecule has 10 aromatic rings. The Balaban J connectivity index is 1.15. The van der Waals surface area contributed by atoms with E-state index in [1.165, 1.54) is 27.8 Å². The molecule has 0 atom stereocenters. The molecule has 0 aliphatic carbocycles. The van der Waals surface area contributed by atoms with Crippen molar-refractivity contribution in [2.45, 2.75) is 0 Å². The molecule has 0 aliphatic heterocycles. The Hall–Kier alpha value is -7.36. The summed E-state index contributed by atoms with van der Waals surface area (Å²) in [4.78, 5) is 10.6. The highest BCUT2D eigenvalue weighted by molar-refractivity contribution is 6.11. The van der Waals surface area contributed by atoms with Crippen LogP contribution in [0.15, 0.2) is 212 Å². The van der Waals surface area contributed by atoms with Crippen molar-refractivity contribution in [2.24, 2.45) is 0 Å². The molecule has 3 nitrogen and oxygen atoms in total. The van der Waals surface area contributed by atoms with E-state index in [1.807, 2.05) is 18.2 Å². The first-order valence-electron chi connectivity index (χ1n) is 18.7. The standard InChI is InChI=1S/C52H35N3/c1-5-17-36(18-6-1)43-33-44(37-19-7-2-8-20-37)35-45(34-43)41-25-15-23-39(31-41)40-24-16-26-42(32-40)49-51-50(54-52(53-49)38-21-9-3-10-22-38)47-29-13-14-30-48(47)55(51)46-27-11-4-12-28-46/h1-35H. The molecule has 55 heavy (non-hydrogen) atoms. The van der Waals surface area contributed by atoms with Crippen LogP contribution in [0.3, 0.4) is 0 Å². The van der Waals surface area contributed by atoms with Gasteiger partial charge < -0.3 is 4.57 Å². The van der Waals surface area contributed by atoms with Crippen LogP contribution in [-0.4, -0.2) is 14.5 Å². The first-order chi connectivity index (χ1) is 27.3. The van der Waals surface area contributed by atoms with Crippen molar-refractivity contribution in [3.8, 4) is 72.8 Å². The van der Waals surface area contributed by atoms with Crippen molar-refractivity contribution in [1.82, 2.24) is 14.5 Å². The Morgan fingerprint density at radius 2 is 0.727 bits per heavy atom. The Morgan fingerprint density at radius 3 is 1.33 bits per heavy atom. The van der Waals surface area contributed by atoms with Crippen LogP contribution in [0.1, 0.15) is 0 Å². The third kappa shape index (κ3) is 6.08. The SMILES string of the molecule is c1ccc(-c2cc(-c3ccccc3)cc(-c3cccc(-c4cccc(-c5nc(-c6ccccc6)nc6c7ccccc7n(-c7ccccc7)c56)c4)c3)c2)cc1. The molecular weight excluding hydrogens is 667 g/mol. The van der Waals surface area contributed by atoms with Crippen LogP contribution >= 0.6 is 0 Å². The average Bonchev–Trinajstić information content (AvgIpc) is 3.61. The number of benzene rings is 8. The van der Waals surface area contributed by atoms with Crippen molar-refractivity contribution < 1.29 is 0 Å². The van der Waals surface area contributed by atoms with Gasteiger partial charge in [-0.1, -0.05) is 164 Å². The summed E-state index contributed by atoms with van der Waals surface area (Å²) >= 11 is 0. The topological polar surface area (TPSA) is 30.7 Å². The summed E-state index contributed by atoms with van der Waals surface area (Å²) < 4.78 is 2.31. The Morgan fingerprint density at radius 1 is 0.309 bits per heavy atom. The summed E-state index contributed by atoms with van der Waals surface area (Å²) in [6.45, 7) is 0. The highest BCUT2D eigenvalue weighted by atomic mass is 15.0. The normalized spacial score (nSPS) is 11.3. The average molecular weight is 702 g/mol. The molecule has 0 unspecified atom stereocenters. The molecule has 0 amide bonds. The number of para-hydroxylation sites is 2. The van der Waals surface area contributed by atoms with Gasteiger partial charge in [0.15, 0.2) is 5.82 Å². The molecule has 0 spiro atoms. The minimum absolute atomic E-state index is 0.707. The summed E-state index contributed by atoms with van der Waals surface area (Å²) in [5.41, 5.74) is 16.4. The Labute approximate surface area is 320 Å². The fourth-order valence-electron chi connectivity index (χ4n) is 7.72. The lowest BCUT2D eigenvalue weighted by Crippen LogP contribution is -1.99. The summed E-state index contributed by atoms with van der Waals surface area (Å²) in [6.07, 6.45) is 0. The second-order valence-corrected chi connectivity index (χ2v) is 13.8. The highest BCUT2D eigenvalue weighted by Crippen LogP contribution is 2.40. The monoisotopic (exact) mass is 701 g/mol. The fourth-order valence-corrected chi connectivity index (χ4v) is 7.72. The van der Waals surface area contributed by atoms with E-state index >= 15 is 0 Å². The summed E-state index contributed by atoms with van der Waals surface area (Å²) in [7, 11) is 0. The number of hydrogen-bond donors (Lipinski definition) is 0. The van der Waals surface area contributed by atoms with Gasteiger partial charge in [0.1, 0.15) is 5.52 Å². The van der Waals surface area contributed by atoms with Crippen molar-refractivity contribution in [1.29, 1.82) is 0 Å². The molecule has 0 radical (unpaired) electrons. The first-order valence-corrected chi connectivity index (χ1v) is 18.7. The summed E-state index contributed by atoms with van der Waals surface area (Å²) in [5.74, 6) is 0.707. The molecule has 10 rings (SSSR count). The van der Waals surface area contributed by atoms with Gasteiger partial charge in [0.25, 0.3) is 0 Å². The quantitative estimate of drug-likeness (QED) is 0.166. The van der Waals surface area contributed by atoms with Crippen molar-refractivity contribution in [3.63, 3.8) is 0 Å². The molecule has 258 valence electrons. The van der Waals surface area contributed by atoms with Gasteiger partial charge in [0.05, 0.1) is 16.7 Å². The molecule has 0 bridgehead atoms. The number of fused-ring (bicyclic) bond motifs is 3. The smallest absolute Gasteiger partial charge is 0.160 e. The molecule has 0 saturated carbocycles. The maximum atomic E-state index is 5.37. The molecule has 0 N–H and O–H groups in total. The van der Waals surface area contributed by atoms with Crippen LogP contribution in [0.5, 0.6) is 0 Å². The zero-order valence-electron chi connectivity index (χ0n) is 30.0. The predicted octanol–water partition coefficient (Wildman–Crippen LogP) is 13.6. The Bertz CT molecular complexity index is 2890. The van der Waals surface area contributed by atoms with Gasteiger partial charge in [0.2, 0.25) is 0 Å². The maximum absolute atomic E-state index is 5.37. The third-order valence-corrected chi connectivity index (χ3v) is 10.4. The van der Waals surface area contributed by atoms with E-state index in [9.17, 15) is 0 Å². The van der Waals surface area contributed by atoms with Crippen LogP contribution in [0, 0.1) is 0 Å². The minimum Gasteiger partial charge on any atom is -0.306 e. The number of nitrogens with zero attached hydrogens (tertiary/aromatic N) is 3. The largest absolute Gasteiger partial charge is 0.306 e. The van der Waals surface area contributed by atoms with Crippen molar-refractivity contribution in [2.75, 3.05) is 0 Å². The van der Waals surface area contributed by atoms with Gasteiger partial charge in [-0.25, -0.2) is 9.97 Å². The minimum atomic E-state index is 0.707. The lowest BCUT2D eigenvalue weighted by Gasteiger charge is -2.14. The second kappa shape index (κ2) is 13.9.